The highest BCUT2D eigenvalue weighted by atomic mass is 16.3. The minimum absolute atomic E-state index is 0.0521. The van der Waals surface area contributed by atoms with Gasteiger partial charge in [0.1, 0.15) is 11.5 Å². The molecule has 0 spiro atoms. The number of phenolic OH excluding ortho intramolecular Hbond substituents is 2. The van der Waals surface area contributed by atoms with Gasteiger partial charge in [0.05, 0.1) is 11.7 Å². The summed E-state index contributed by atoms with van der Waals surface area (Å²) in [5.41, 5.74) is 0.0795. The first kappa shape index (κ1) is 13.7. The van der Waals surface area contributed by atoms with Crippen molar-refractivity contribution in [3.05, 3.63) is 23.8 Å². The van der Waals surface area contributed by atoms with Crippen molar-refractivity contribution in [1.29, 1.82) is 0 Å². The second-order valence-electron chi connectivity index (χ2n) is 5.09. The molecule has 0 atom stereocenters. The van der Waals surface area contributed by atoms with Gasteiger partial charge in [0, 0.05) is 6.54 Å². The predicted molar refractivity (Wildman–Crippen MR) is 70.1 cm³/mol. The predicted octanol–water partition coefficient (Wildman–Crippen LogP) is 1.38. The summed E-state index contributed by atoms with van der Waals surface area (Å²) in [5, 5.41) is 31.0. The third kappa shape index (κ3) is 3.61. The van der Waals surface area contributed by atoms with Gasteiger partial charge < -0.3 is 20.6 Å². The number of aromatic hydroxyl groups is 2. The lowest BCUT2D eigenvalue weighted by Crippen LogP contribution is -2.32. The average Bonchev–Trinajstić information content (AvgIpc) is 2.40. The van der Waals surface area contributed by atoms with Gasteiger partial charge in [-0.3, -0.25) is 4.79 Å². The van der Waals surface area contributed by atoms with Crippen LogP contribution in [-0.4, -0.2) is 33.9 Å². The topological polar surface area (TPSA) is 89.8 Å². The molecule has 0 heterocycles. The van der Waals surface area contributed by atoms with E-state index in [4.69, 9.17) is 0 Å². The molecule has 0 bridgehead atoms. The largest absolute Gasteiger partial charge is 0.508 e. The molecular formula is C14H19NO4. The van der Waals surface area contributed by atoms with E-state index in [0.29, 0.717) is 12.5 Å². The Bertz CT molecular complexity index is 453. The van der Waals surface area contributed by atoms with Crippen LogP contribution in [0.1, 0.15) is 36.0 Å². The number of carbonyl (C=O) groups excluding carboxylic acids is 1. The van der Waals surface area contributed by atoms with Gasteiger partial charge in [0.25, 0.3) is 5.91 Å². The van der Waals surface area contributed by atoms with E-state index in [9.17, 15) is 20.1 Å². The van der Waals surface area contributed by atoms with E-state index in [1.807, 2.05) is 0 Å². The Hall–Kier alpha value is -1.75. The lowest BCUT2D eigenvalue weighted by atomic mass is 9.87. The maximum Gasteiger partial charge on any atom is 0.255 e. The van der Waals surface area contributed by atoms with Gasteiger partial charge in [-0.2, -0.15) is 0 Å². The lowest BCUT2D eigenvalue weighted by molar-refractivity contribution is 0.0907. The van der Waals surface area contributed by atoms with Crippen molar-refractivity contribution in [2.24, 2.45) is 5.92 Å². The molecule has 0 unspecified atom stereocenters. The molecule has 1 aliphatic rings. The van der Waals surface area contributed by atoms with E-state index in [1.165, 1.54) is 18.2 Å². The second-order valence-corrected chi connectivity index (χ2v) is 5.09. The number of hydrogen-bond donors (Lipinski definition) is 4. The highest BCUT2D eigenvalue weighted by Gasteiger charge is 2.20. The van der Waals surface area contributed by atoms with Crippen molar-refractivity contribution in [3.63, 3.8) is 0 Å². The van der Waals surface area contributed by atoms with Crippen molar-refractivity contribution in [2.45, 2.75) is 31.8 Å². The summed E-state index contributed by atoms with van der Waals surface area (Å²) in [6.45, 7) is 0.528. The Morgan fingerprint density at radius 3 is 2.58 bits per heavy atom. The number of rotatable bonds is 3. The number of phenols is 2. The molecule has 0 saturated heterocycles. The smallest absolute Gasteiger partial charge is 0.255 e. The maximum atomic E-state index is 11.9. The van der Waals surface area contributed by atoms with Crippen molar-refractivity contribution in [2.75, 3.05) is 6.54 Å². The Balaban J connectivity index is 1.89. The molecule has 1 aliphatic carbocycles. The summed E-state index contributed by atoms with van der Waals surface area (Å²) in [4.78, 5) is 11.9. The number of aliphatic hydroxyl groups excluding tert-OH is 1. The molecule has 0 radical (unpaired) electrons. The summed E-state index contributed by atoms with van der Waals surface area (Å²) in [6, 6.07) is 3.87. The molecule has 1 fully saturated rings. The monoisotopic (exact) mass is 265 g/mol. The van der Waals surface area contributed by atoms with Gasteiger partial charge in [-0.25, -0.2) is 0 Å². The van der Waals surface area contributed by atoms with Gasteiger partial charge in [0.15, 0.2) is 0 Å². The fourth-order valence-corrected chi connectivity index (χ4v) is 2.39. The van der Waals surface area contributed by atoms with E-state index >= 15 is 0 Å². The number of carbonyl (C=O) groups is 1. The van der Waals surface area contributed by atoms with Crippen LogP contribution in [0.15, 0.2) is 18.2 Å². The fraction of sp³-hybridized carbons (Fsp3) is 0.500. The highest BCUT2D eigenvalue weighted by Crippen LogP contribution is 2.24. The molecule has 5 heteroatoms. The first-order valence-electron chi connectivity index (χ1n) is 6.54. The molecule has 0 aliphatic heterocycles. The van der Waals surface area contributed by atoms with Gasteiger partial charge in [-0.05, 0) is 49.8 Å². The number of hydrogen-bond acceptors (Lipinski definition) is 4. The molecule has 1 aromatic rings. The van der Waals surface area contributed by atoms with Crippen LogP contribution in [0.3, 0.4) is 0 Å². The van der Waals surface area contributed by atoms with Crippen LogP contribution in [0, 0.1) is 5.92 Å². The minimum atomic E-state index is -0.389. The first-order valence-corrected chi connectivity index (χ1v) is 6.54. The van der Waals surface area contributed by atoms with Crippen LogP contribution in [0.5, 0.6) is 11.5 Å². The lowest BCUT2D eigenvalue weighted by Gasteiger charge is -2.25. The fourth-order valence-electron chi connectivity index (χ4n) is 2.39. The molecule has 1 saturated carbocycles. The van der Waals surface area contributed by atoms with Crippen LogP contribution in [0.2, 0.25) is 0 Å². The van der Waals surface area contributed by atoms with Gasteiger partial charge in [-0.15, -0.1) is 0 Å². The van der Waals surface area contributed by atoms with Gasteiger partial charge in [0.2, 0.25) is 0 Å². The van der Waals surface area contributed by atoms with Crippen LogP contribution in [0.4, 0.5) is 0 Å². The van der Waals surface area contributed by atoms with E-state index in [-0.39, 0.29) is 29.1 Å². The minimum Gasteiger partial charge on any atom is -0.508 e. The third-order valence-corrected chi connectivity index (χ3v) is 3.59. The van der Waals surface area contributed by atoms with Gasteiger partial charge in [-0.1, -0.05) is 0 Å². The Labute approximate surface area is 111 Å². The molecule has 2 rings (SSSR count). The van der Waals surface area contributed by atoms with Gasteiger partial charge >= 0.3 is 0 Å². The van der Waals surface area contributed by atoms with Crippen molar-refractivity contribution in [3.8, 4) is 11.5 Å². The van der Waals surface area contributed by atoms with Crippen molar-refractivity contribution >= 4 is 5.91 Å². The molecule has 1 aromatic carbocycles. The van der Waals surface area contributed by atoms with E-state index in [2.05, 4.69) is 5.32 Å². The Morgan fingerprint density at radius 1 is 1.21 bits per heavy atom. The van der Waals surface area contributed by atoms with E-state index in [0.717, 1.165) is 25.7 Å². The molecular weight excluding hydrogens is 246 g/mol. The third-order valence-electron chi connectivity index (χ3n) is 3.59. The molecule has 5 nitrogen and oxygen atoms in total. The summed E-state index contributed by atoms with van der Waals surface area (Å²) in [6.07, 6.45) is 3.14. The molecule has 0 aromatic heterocycles. The SMILES string of the molecule is O=C(NCC1CCC(O)CC1)c1cc(O)ccc1O. The number of nitrogens with one attached hydrogen (secondary N) is 1. The van der Waals surface area contributed by atoms with Crippen LogP contribution in [0.25, 0.3) is 0 Å². The second kappa shape index (κ2) is 5.93. The quantitative estimate of drug-likeness (QED) is 0.621. The normalized spacial score (nSPS) is 23.0. The zero-order valence-electron chi connectivity index (χ0n) is 10.7. The highest BCUT2D eigenvalue weighted by molar-refractivity contribution is 5.97. The molecule has 4 N–H and O–H groups in total. The first-order chi connectivity index (χ1) is 9.06. The maximum absolute atomic E-state index is 11.9. The number of amides is 1. The Morgan fingerprint density at radius 2 is 1.89 bits per heavy atom. The standard InChI is InChI=1S/C14H19NO4/c16-10-3-1-9(2-4-10)8-15-14(19)12-7-11(17)5-6-13(12)18/h5-7,9-10,16-18H,1-4,8H2,(H,15,19). The summed E-state index contributed by atoms with van der Waals surface area (Å²) >= 11 is 0. The van der Waals surface area contributed by atoms with E-state index < -0.39 is 0 Å². The van der Waals surface area contributed by atoms with Crippen molar-refractivity contribution in [1.82, 2.24) is 5.32 Å². The summed E-state index contributed by atoms with van der Waals surface area (Å²) in [7, 11) is 0. The zero-order valence-corrected chi connectivity index (χ0v) is 10.7. The average molecular weight is 265 g/mol. The van der Waals surface area contributed by atoms with Crippen molar-refractivity contribution < 1.29 is 20.1 Å². The van der Waals surface area contributed by atoms with E-state index in [1.54, 1.807) is 0 Å². The van der Waals surface area contributed by atoms with Crippen LogP contribution >= 0.6 is 0 Å². The molecule has 104 valence electrons. The number of benzene rings is 1. The number of aliphatic hydroxyl groups is 1. The Kier molecular flexibility index (Phi) is 4.27. The van der Waals surface area contributed by atoms with Crippen LogP contribution in [-0.2, 0) is 0 Å². The summed E-state index contributed by atoms with van der Waals surface area (Å²) in [5.74, 6) is -0.218. The molecule has 1 amide bonds. The zero-order chi connectivity index (χ0) is 13.8. The molecule has 19 heavy (non-hydrogen) atoms. The summed E-state index contributed by atoms with van der Waals surface area (Å²) < 4.78 is 0. The van der Waals surface area contributed by atoms with Crippen LogP contribution < -0.4 is 5.32 Å².